The molecule has 1 aromatic heterocycles. The maximum atomic E-state index is 12.5. The number of ether oxygens (including phenoxy) is 1. The van der Waals surface area contributed by atoms with E-state index in [1.54, 1.807) is 17.3 Å². The van der Waals surface area contributed by atoms with E-state index in [2.05, 4.69) is 45.2 Å². The quantitative estimate of drug-likeness (QED) is 0.832. The summed E-state index contributed by atoms with van der Waals surface area (Å²) >= 11 is 0. The lowest BCUT2D eigenvalue weighted by molar-refractivity contribution is 0.0302. The third kappa shape index (κ3) is 4.45. The van der Waals surface area contributed by atoms with Gasteiger partial charge in [0.1, 0.15) is 0 Å². The highest BCUT2D eigenvalue weighted by atomic mass is 16.5. The standard InChI is InChI=1S/C21H26N4O2/c26-20(24-10-12-27-13-11-24)19-15-22-21(23-16-19)25-8-6-18(7-9-25)14-17-4-2-1-3-5-17/h1-5,15-16,18H,6-14H2. The fraction of sp³-hybridized carbons (Fsp3) is 0.476. The minimum absolute atomic E-state index is 0.00795. The number of benzene rings is 1. The zero-order valence-corrected chi connectivity index (χ0v) is 15.6. The Bertz CT molecular complexity index is 737. The van der Waals surface area contributed by atoms with Crippen LogP contribution in [0, 0.1) is 5.92 Å². The summed E-state index contributed by atoms with van der Waals surface area (Å²) in [7, 11) is 0. The summed E-state index contributed by atoms with van der Waals surface area (Å²) in [6.07, 6.45) is 6.76. The van der Waals surface area contributed by atoms with Crippen molar-refractivity contribution in [3.63, 3.8) is 0 Å². The number of hydrogen-bond acceptors (Lipinski definition) is 5. The van der Waals surface area contributed by atoms with Gasteiger partial charge in [-0.25, -0.2) is 9.97 Å². The number of piperidine rings is 1. The van der Waals surface area contributed by atoms with Crippen LogP contribution < -0.4 is 4.90 Å². The summed E-state index contributed by atoms with van der Waals surface area (Å²) in [5.41, 5.74) is 1.97. The van der Waals surface area contributed by atoms with E-state index in [1.165, 1.54) is 5.56 Å². The molecule has 0 saturated carbocycles. The lowest BCUT2D eigenvalue weighted by Gasteiger charge is -2.32. The van der Waals surface area contributed by atoms with Crippen LogP contribution >= 0.6 is 0 Å². The second-order valence-corrected chi connectivity index (χ2v) is 7.30. The molecule has 2 aliphatic rings. The Labute approximate surface area is 160 Å². The Morgan fingerprint density at radius 2 is 1.67 bits per heavy atom. The summed E-state index contributed by atoms with van der Waals surface area (Å²) in [6, 6.07) is 10.7. The maximum absolute atomic E-state index is 12.5. The molecule has 27 heavy (non-hydrogen) atoms. The minimum Gasteiger partial charge on any atom is -0.378 e. The number of nitrogens with zero attached hydrogens (tertiary/aromatic N) is 4. The molecule has 0 N–H and O–H groups in total. The minimum atomic E-state index is -0.00795. The zero-order valence-electron chi connectivity index (χ0n) is 15.6. The molecule has 6 nitrogen and oxygen atoms in total. The summed E-state index contributed by atoms with van der Waals surface area (Å²) in [4.78, 5) is 25.4. The molecule has 142 valence electrons. The fourth-order valence-electron chi connectivity index (χ4n) is 3.83. The molecule has 0 aliphatic carbocycles. The molecule has 0 spiro atoms. The van der Waals surface area contributed by atoms with Gasteiger partial charge in [-0.2, -0.15) is 0 Å². The molecule has 2 fully saturated rings. The molecular weight excluding hydrogens is 340 g/mol. The summed E-state index contributed by atoms with van der Waals surface area (Å²) in [6.45, 7) is 4.40. The molecule has 2 aromatic rings. The molecule has 0 radical (unpaired) electrons. The van der Waals surface area contributed by atoms with E-state index in [4.69, 9.17) is 4.74 Å². The van der Waals surface area contributed by atoms with Crippen molar-refractivity contribution in [1.82, 2.24) is 14.9 Å². The summed E-state index contributed by atoms with van der Waals surface area (Å²) < 4.78 is 5.30. The summed E-state index contributed by atoms with van der Waals surface area (Å²) in [5, 5.41) is 0. The van der Waals surface area contributed by atoms with Gasteiger partial charge >= 0.3 is 0 Å². The number of hydrogen-bond donors (Lipinski definition) is 0. The first-order chi connectivity index (χ1) is 13.3. The topological polar surface area (TPSA) is 58.6 Å². The molecule has 6 heteroatoms. The lowest BCUT2D eigenvalue weighted by atomic mass is 9.90. The van der Waals surface area contributed by atoms with Crippen LogP contribution in [0.5, 0.6) is 0 Å². The number of amides is 1. The van der Waals surface area contributed by atoms with Gasteiger partial charge in [-0.05, 0) is 30.7 Å². The van der Waals surface area contributed by atoms with Gasteiger partial charge in [0, 0.05) is 38.6 Å². The Kier molecular flexibility index (Phi) is 5.63. The largest absolute Gasteiger partial charge is 0.378 e. The summed E-state index contributed by atoms with van der Waals surface area (Å²) in [5.74, 6) is 1.43. The van der Waals surface area contributed by atoms with Gasteiger partial charge in [-0.1, -0.05) is 30.3 Å². The average Bonchev–Trinajstić information content (AvgIpc) is 2.75. The van der Waals surface area contributed by atoms with E-state index < -0.39 is 0 Å². The number of carbonyl (C=O) groups excluding carboxylic acids is 1. The predicted molar refractivity (Wildman–Crippen MR) is 104 cm³/mol. The first-order valence-electron chi connectivity index (χ1n) is 9.77. The Morgan fingerprint density at radius 1 is 1.00 bits per heavy atom. The van der Waals surface area contributed by atoms with Crippen LogP contribution in [-0.4, -0.2) is 60.2 Å². The molecule has 3 heterocycles. The van der Waals surface area contributed by atoms with Crippen molar-refractivity contribution in [3.8, 4) is 0 Å². The molecule has 4 rings (SSSR count). The number of morpholine rings is 1. The molecule has 1 amide bonds. The highest BCUT2D eigenvalue weighted by Crippen LogP contribution is 2.24. The normalized spacial score (nSPS) is 18.5. The molecule has 1 aromatic carbocycles. The maximum Gasteiger partial charge on any atom is 0.257 e. The number of rotatable bonds is 4. The van der Waals surface area contributed by atoms with E-state index in [0.717, 1.165) is 38.3 Å². The van der Waals surface area contributed by atoms with E-state index in [1.807, 2.05) is 0 Å². The molecule has 0 atom stereocenters. The van der Waals surface area contributed by atoms with Gasteiger partial charge in [-0.3, -0.25) is 4.79 Å². The monoisotopic (exact) mass is 366 g/mol. The Hall–Kier alpha value is -2.47. The average molecular weight is 366 g/mol. The molecular formula is C21H26N4O2. The van der Waals surface area contributed by atoms with Crippen molar-refractivity contribution in [2.24, 2.45) is 5.92 Å². The number of carbonyl (C=O) groups is 1. The van der Waals surface area contributed by atoms with E-state index in [-0.39, 0.29) is 5.91 Å². The lowest BCUT2D eigenvalue weighted by Crippen LogP contribution is -2.41. The van der Waals surface area contributed by atoms with E-state index >= 15 is 0 Å². The van der Waals surface area contributed by atoms with E-state index in [9.17, 15) is 4.79 Å². The van der Waals surface area contributed by atoms with Crippen LogP contribution in [0.1, 0.15) is 28.8 Å². The zero-order chi connectivity index (χ0) is 18.5. The molecule has 2 aliphatic heterocycles. The van der Waals surface area contributed by atoms with Crippen LogP contribution in [0.3, 0.4) is 0 Å². The third-order valence-electron chi connectivity index (χ3n) is 5.45. The second kappa shape index (κ2) is 8.48. The molecule has 0 unspecified atom stereocenters. The molecule has 2 saturated heterocycles. The highest BCUT2D eigenvalue weighted by molar-refractivity contribution is 5.93. The van der Waals surface area contributed by atoms with E-state index in [0.29, 0.717) is 37.8 Å². The van der Waals surface area contributed by atoms with Crippen molar-refractivity contribution in [3.05, 3.63) is 53.9 Å². The van der Waals surface area contributed by atoms with Crippen molar-refractivity contribution in [2.75, 3.05) is 44.3 Å². The molecule has 0 bridgehead atoms. The highest BCUT2D eigenvalue weighted by Gasteiger charge is 2.23. The van der Waals surface area contributed by atoms with Gasteiger partial charge in [0.25, 0.3) is 5.91 Å². The van der Waals surface area contributed by atoms with Crippen LogP contribution in [0.4, 0.5) is 5.95 Å². The van der Waals surface area contributed by atoms with Crippen LogP contribution in [0.2, 0.25) is 0 Å². The SMILES string of the molecule is O=C(c1cnc(N2CCC(Cc3ccccc3)CC2)nc1)N1CCOCC1. The van der Waals surface area contributed by atoms with Crippen LogP contribution in [-0.2, 0) is 11.2 Å². The first-order valence-corrected chi connectivity index (χ1v) is 9.77. The van der Waals surface area contributed by atoms with Gasteiger partial charge in [0.15, 0.2) is 0 Å². The number of anilines is 1. The smallest absolute Gasteiger partial charge is 0.257 e. The van der Waals surface area contributed by atoms with Gasteiger partial charge < -0.3 is 14.5 Å². The second-order valence-electron chi connectivity index (χ2n) is 7.30. The van der Waals surface area contributed by atoms with Crippen molar-refractivity contribution in [2.45, 2.75) is 19.3 Å². The van der Waals surface area contributed by atoms with Gasteiger partial charge in [0.2, 0.25) is 5.95 Å². The third-order valence-corrected chi connectivity index (χ3v) is 5.45. The first kappa shape index (κ1) is 17.9. The van der Waals surface area contributed by atoms with Crippen LogP contribution in [0.25, 0.3) is 0 Å². The van der Waals surface area contributed by atoms with Crippen molar-refractivity contribution < 1.29 is 9.53 Å². The van der Waals surface area contributed by atoms with Crippen molar-refractivity contribution >= 4 is 11.9 Å². The van der Waals surface area contributed by atoms with Crippen LogP contribution in [0.15, 0.2) is 42.7 Å². The van der Waals surface area contributed by atoms with Crippen molar-refractivity contribution in [1.29, 1.82) is 0 Å². The predicted octanol–water partition coefficient (Wildman–Crippen LogP) is 2.41. The number of aromatic nitrogens is 2. The van der Waals surface area contributed by atoms with Gasteiger partial charge in [-0.15, -0.1) is 0 Å². The van der Waals surface area contributed by atoms with Gasteiger partial charge in [0.05, 0.1) is 18.8 Å². The Morgan fingerprint density at radius 3 is 2.33 bits per heavy atom. The fourth-order valence-corrected chi connectivity index (χ4v) is 3.83. The Balaban J connectivity index is 1.31.